The number of amides is 1. The van der Waals surface area contributed by atoms with E-state index in [0.29, 0.717) is 17.7 Å². The second-order valence-corrected chi connectivity index (χ2v) is 8.09. The third-order valence-electron chi connectivity index (χ3n) is 6.95. The Labute approximate surface area is 134 Å². The summed E-state index contributed by atoms with van der Waals surface area (Å²) in [5, 5.41) is 0. The molecule has 4 aliphatic rings. The van der Waals surface area contributed by atoms with Crippen molar-refractivity contribution in [3.63, 3.8) is 0 Å². The number of nitrogens with two attached hydrogens (primary N) is 1. The van der Waals surface area contributed by atoms with Gasteiger partial charge in [0.1, 0.15) is 0 Å². The fraction of sp³-hybridized carbons (Fsp3) is 0.944. The Morgan fingerprint density at radius 2 is 1.64 bits per heavy atom. The van der Waals surface area contributed by atoms with Gasteiger partial charge in [0.25, 0.3) is 0 Å². The quantitative estimate of drug-likeness (QED) is 0.847. The summed E-state index contributed by atoms with van der Waals surface area (Å²) in [6.07, 6.45) is 10.4. The minimum atomic E-state index is 0.136. The molecule has 4 rings (SSSR count). The van der Waals surface area contributed by atoms with Gasteiger partial charge in [0.15, 0.2) is 0 Å². The van der Waals surface area contributed by atoms with Gasteiger partial charge in [-0.05, 0) is 50.4 Å². The Kier molecular flexibility index (Phi) is 4.16. The number of hydrogen-bond acceptors (Lipinski definition) is 3. The van der Waals surface area contributed by atoms with Crippen LogP contribution in [0.1, 0.15) is 51.4 Å². The molecule has 4 atom stereocenters. The first-order chi connectivity index (χ1) is 10.7. The van der Waals surface area contributed by atoms with Gasteiger partial charge in [-0.25, -0.2) is 0 Å². The van der Waals surface area contributed by atoms with Crippen LogP contribution in [0.3, 0.4) is 0 Å². The van der Waals surface area contributed by atoms with Crippen molar-refractivity contribution < 1.29 is 4.79 Å². The zero-order valence-corrected chi connectivity index (χ0v) is 13.8. The molecule has 3 aliphatic carbocycles. The van der Waals surface area contributed by atoms with E-state index in [2.05, 4.69) is 9.80 Å². The third kappa shape index (κ3) is 2.58. The van der Waals surface area contributed by atoms with E-state index in [1.165, 1.54) is 51.5 Å². The van der Waals surface area contributed by atoms with Crippen LogP contribution in [0.5, 0.6) is 0 Å². The monoisotopic (exact) mass is 305 g/mol. The number of rotatable bonds is 2. The second kappa shape index (κ2) is 6.12. The summed E-state index contributed by atoms with van der Waals surface area (Å²) >= 11 is 0. The van der Waals surface area contributed by atoms with E-state index >= 15 is 0 Å². The van der Waals surface area contributed by atoms with Crippen molar-refractivity contribution in [3.05, 3.63) is 0 Å². The Bertz CT molecular complexity index is 419. The molecule has 2 bridgehead atoms. The van der Waals surface area contributed by atoms with Crippen molar-refractivity contribution in [3.8, 4) is 0 Å². The third-order valence-corrected chi connectivity index (χ3v) is 6.95. The zero-order valence-electron chi connectivity index (χ0n) is 13.8. The highest BCUT2D eigenvalue weighted by Crippen LogP contribution is 2.48. The van der Waals surface area contributed by atoms with Crippen LogP contribution < -0.4 is 5.73 Å². The van der Waals surface area contributed by atoms with Gasteiger partial charge in [0, 0.05) is 38.3 Å². The first-order valence-corrected chi connectivity index (χ1v) is 9.52. The standard InChI is InChI=1S/C18H31N3O/c19-17-14-7-6-13(12-14)16(17)18(22)21-9-3-8-20(10-11-21)15-4-1-2-5-15/h13-17H,1-12,19H2. The Morgan fingerprint density at radius 1 is 0.864 bits per heavy atom. The maximum Gasteiger partial charge on any atom is 0.227 e. The fourth-order valence-corrected chi connectivity index (χ4v) is 5.71. The summed E-state index contributed by atoms with van der Waals surface area (Å²) < 4.78 is 0. The molecular weight excluding hydrogens is 274 g/mol. The topological polar surface area (TPSA) is 49.6 Å². The van der Waals surface area contributed by atoms with Crippen molar-refractivity contribution in [2.24, 2.45) is 23.5 Å². The summed E-state index contributed by atoms with van der Waals surface area (Å²) in [5.41, 5.74) is 6.38. The highest BCUT2D eigenvalue weighted by Gasteiger charge is 2.50. The molecule has 3 saturated carbocycles. The number of hydrogen-bond donors (Lipinski definition) is 1. The van der Waals surface area contributed by atoms with Crippen molar-refractivity contribution >= 4 is 5.91 Å². The van der Waals surface area contributed by atoms with Crippen LogP contribution >= 0.6 is 0 Å². The molecular formula is C18H31N3O. The summed E-state index contributed by atoms with van der Waals surface area (Å²) in [5.74, 6) is 1.73. The van der Waals surface area contributed by atoms with Gasteiger partial charge in [-0.1, -0.05) is 12.8 Å². The molecule has 1 aliphatic heterocycles. The molecule has 4 heteroatoms. The smallest absolute Gasteiger partial charge is 0.227 e. The maximum absolute atomic E-state index is 13.0. The lowest BCUT2D eigenvalue weighted by Crippen LogP contribution is -2.48. The second-order valence-electron chi connectivity index (χ2n) is 8.09. The predicted molar refractivity (Wildman–Crippen MR) is 87.3 cm³/mol. The average Bonchev–Trinajstić information content (AvgIpc) is 3.21. The highest BCUT2D eigenvalue weighted by atomic mass is 16.2. The van der Waals surface area contributed by atoms with Gasteiger partial charge in [0.05, 0.1) is 5.92 Å². The summed E-state index contributed by atoms with van der Waals surface area (Å²) in [7, 11) is 0. The number of carbonyl (C=O) groups excluding carboxylic acids is 1. The number of carbonyl (C=O) groups is 1. The van der Waals surface area contributed by atoms with Crippen LogP contribution in [0, 0.1) is 17.8 Å². The van der Waals surface area contributed by atoms with Gasteiger partial charge in [-0.2, -0.15) is 0 Å². The number of nitrogens with zero attached hydrogens (tertiary/aromatic N) is 2. The molecule has 0 aromatic rings. The molecule has 4 nitrogen and oxygen atoms in total. The molecule has 0 spiro atoms. The summed E-state index contributed by atoms with van der Waals surface area (Å²) in [6.45, 7) is 4.13. The van der Waals surface area contributed by atoms with Crippen molar-refractivity contribution in [2.75, 3.05) is 26.2 Å². The van der Waals surface area contributed by atoms with E-state index in [1.807, 2.05) is 0 Å². The SMILES string of the molecule is NC1C2CCC(C2)C1C(=O)N1CCCN(C2CCCC2)CC1. The van der Waals surface area contributed by atoms with Gasteiger partial charge >= 0.3 is 0 Å². The average molecular weight is 305 g/mol. The molecule has 124 valence electrons. The van der Waals surface area contributed by atoms with E-state index in [0.717, 1.165) is 32.1 Å². The molecule has 22 heavy (non-hydrogen) atoms. The Balaban J connectivity index is 1.37. The van der Waals surface area contributed by atoms with Crippen LogP contribution in [0.25, 0.3) is 0 Å². The summed E-state index contributed by atoms with van der Waals surface area (Å²) in [4.78, 5) is 17.8. The van der Waals surface area contributed by atoms with Crippen molar-refractivity contribution in [1.82, 2.24) is 9.80 Å². The largest absolute Gasteiger partial charge is 0.341 e. The minimum Gasteiger partial charge on any atom is -0.341 e. The predicted octanol–water partition coefficient (Wildman–Crippen LogP) is 1.84. The number of fused-ring (bicyclic) bond motifs is 2. The van der Waals surface area contributed by atoms with E-state index in [1.54, 1.807) is 0 Å². The fourth-order valence-electron chi connectivity index (χ4n) is 5.71. The molecule has 1 saturated heterocycles. The molecule has 1 heterocycles. The molecule has 0 aromatic heterocycles. The van der Waals surface area contributed by atoms with Gasteiger partial charge in [-0.15, -0.1) is 0 Å². The van der Waals surface area contributed by atoms with Crippen LogP contribution in [-0.2, 0) is 4.79 Å². The van der Waals surface area contributed by atoms with Gasteiger partial charge in [0.2, 0.25) is 5.91 Å². The van der Waals surface area contributed by atoms with E-state index < -0.39 is 0 Å². The summed E-state index contributed by atoms with van der Waals surface area (Å²) in [6, 6.07) is 0.931. The maximum atomic E-state index is 13.0. The van der Waals surface area contributed by atoms with Crippen LogP contribution in [0.2, 0.25) is 0 Å². The van der Waals surface area contributed by atoms with E-state index in [-0.39, 0.29) is 12.0 Å². The molecule has 4 unspecified atom stereocenters. The first kappa shape index (κ1) is 14.9. The van der Waals surface area contributed by atoms with Crippen molar-refractivity contribution in [1.29, 1.82) is 0 Å². The van der Waals surface area contributed by atoms with E-state index in [4.69, 9.17) is 5.73 Å². The lowest BCUT2D eigenvalue weighted by atomic mass is 9.84. The minimum absolute atomic E-state index is 0.136. The molecule has 2 N–H and O–H groups in total. The van der Waals surface area contributed by atoms with Gasteiger partial charge < -0.3 is 10.6 Å². The van der Waals surface area contributed by atoms with E-state index in [9.17, 15) is 4.79 Å². The van der Waals surface area contributed by atoms with Crippen LogP contribution in [0.4, 0.5) is 0 Å². The normalized spacial score (nSPS) is 40.3. The van der Waals surface area contributed by atoms with Crippen LogP contribution in [0.15, 0.2) is 0 Å². The molecule has 4 fully saturated rings. The van der Waals surface area contributed by atoms with Crippen molar-refractivity contribution in [2.45, 2.75) is 63.5 Å². The first-order valence-electron chi connectivity index (χ1n) is 9.52. The molecule has 0 radical (unpaired) electrons. The lowest BCUT2D eigenvalue weighted by Gasteiger charge is -2.32. The molecule has 1 amide bonds. The highest BCUT2D eigenvalue weighted by molar-refractivity contribution is 5.80. The Hall–Kier alpha value is -0.610. The Morgan fingerprint density at radius 3 is 2.36 bits per heavy atom. The van der Waals surface area contributed by atoms with Gasteiger partial charge in [-0.3, -0.25) is 9.69 Å². The lowest BCUT2D eigenvalue weighted by molar-refractivity contribution is -0.137. The van der Waals surface area contributed by atoms with Crippen LogP contribution in [-0.4, -0.2) is 54.0 Å². The zero-order chi connectivity index (χ0) is 15.1. The molecule has 0 aromatic carbocycles.